The number of fused-ring (bicyclic) bond motifs is 1. The largest absolute Gasteiger partial charge is 0.487 e. The average molecular weight is 199 g/mol. The summed E-state index contributed by atoms with van der Waals surface area (Å²) in [6.45, 7) is 3.94. The molecule has 0 aromatic heterocycles. The van der Waals surface area contributed by atoms with Crippen LogP contribution < -0.4 is 10.5 Å². The van der Waals surface area contributed by atoms with Gasteiger partial charge in [0.15, 0.2) is 0 Å². The molecule has 0 aliphatic carbocycles. The zero-order chi connectivity index (χ0) is 10.7. The molecule has 2 heteroatoms. The molecular weight excluding hydrogens is 186 g/mol. The maximum Gasteiger partial charge on any atom is 0.127 e. The van der Waals surface area contributed by atoms with Crippen LogP contribution in [-0.4, -0.2) is 6.61 Å². The number of nitrogens with two attached hydrogens (primary N) is 1. The highest BCUT2D eigenvalue weighted by molar-refractivity contribution is 5.83. The molecule has 0 amide bonds. The quantitative estimate of drug-likeness (QED) is 0.824. The molecule has 0 atom stereocenters. The monoisotopic (exact) mass is 199 g/mol. The van der Waals surface area contributed by atoms with E-state index >= 15 is 0 Å². The van der Waals surface area contributed by atoms with Gasteiger partial charge in [-0.1, -0.05) is 36.9 Å². The van der Waals surface area contributed by atoms with Crippen LogP contribution in [0.15, 0.2) is 54.7 Å². The maximum atomic E-state index is 5.45. The van der Waals surface area contributed by atoms with Crippen molar-refractivity contribution in [3.05, 3.63) is 54.7 Å². The highest BCUT2D eigenvalue weighted by Gasteiger charge is 1.96. The SMILES string of the molecule is C=C(N)COc1ccc2ccccc2c1. The van der Waals surface area contributed by atoms with Crippen molar-refractivity contribution < 1.29 is 4.74 Å². The smallest absolute Gasteiger partial charge is 0.127 e. The summed E-state index contributed by atoms with van der Waals surface area (Å²) in [5.41, 5.74) is 5.96. The van der Waals surface area contributed by atoms with E-state index in [1.165, 1.54) is 5.39 Å². The Morgan fingerprint density at radius 1 is 1.13 bits per heavy atom. The maximum absolute atomic E-state index is 5.45. The van der Waals surface area contributed by atoms with Crippen LogP contribution in [0, 0.1) is 0 Å². The van der Waals surface area contributed by atoms with E-state index in [4.69, 9.17) is 10.5 Å². The van der Waals surface area contributed by atoms with Crippen molar-refractivity contribution in [2.45, 2.75) is 0 Å². The van der Waals surface area contributed by atoms with Gasteiger partial charge in [-0.3, -0.25) is 0 Å². The summed E-state index contributed by atoms with van der Waals surface area (Å²) in [6.07, 6.45) is 0. The van der Waals surface area contributed by atoms with E-state index in [-0.39, 0.29) is 0 Å². The Hall–Kier alpha value is -1.96. The van der Waals surface area contributed by atoms with Crippen LogP contribution in [0.25, 0.3) is 10.8 Å². The van der Waals surface area contributed by atoms with Crippen molar-refractivity contribution in [1.82, 2.24) is 0 Å². The lowest BCUT2D eigenvalue weighted by molar-refractivity contribution is 0.351. The number of ether oxygens (including phenoxy) is 1. The standard InChI is InChI=1S/C13H13NO/c1-10(14)9-15-13-7-6-11-4-2-3-5-12(11)8-13/h2-8H,1,9,14H2. The number of benzene rings is 2. The van der Waals surface area contributed by atoms with Crippen LogP contribution in [0.1, 0.15) is 0 Å². The first-order chi connectivity index (χ1) is 7.25. The summed E-state index contributed by atoms with van der Waals surface area (Å²) in [7, 11) is 0. The highest BCUT2D eigenvalue weighted by Crippen LogP contribution is 2.20. The highest BCUT2D eigenvalue weighted by atomic mass is 16.5. The van der Waals surface area contributed by atoms with Gasteiger partial charge < -0.3 is 10.5 Å². The first-order valence-corrected chi connectivity index (χ1v) is 4.80. The molecule has 0 saturated carbocycles. The molecule has 2 aromatic carbocycles. The normalized spacial score (nSPS) is 10.1. The minimum atomic E-state index is 0.359. The van der Waals surface area contributed by atoms with Crippen LogP contribution in [0.3, 0.4) is 0 Å². The number of hydrogen-bond donors (Lipinski definition) is 1. The molecule has 0 unspecified atom stereocenters. The van der Waals surface area contributed by atoms with E-state index < -0.39 is 0 Å². The molecule has 2 aromatic rings. The van der Waals surface area contributed by atoms with Crippen LogP contribution in [0.2, 0.25) is 0 Å². The topological polar surface area (TPSA) is 35.2 Å². The number of hydrogen-bond acceptors (Lipinski definition) is 2. The Kier molecular flexibility index (Phi) is 2.59. The molecule has 0 saturated heterocycles. The van der Waals surface area contributed by atoms with Gasteiger partial charge in [-0.25, -0.2) is 0 Å². The van der Waals surface area contributed by atoms with Gasteiger partial charge in [0.25, 0.3) is 0 Å². The lowest BCUT2D eigenvalue weighted by Crippen LogP contribution is -2.07. The molecule has 0 aliphatic heterocycles. The fourth-order valence-corrected chi connectivity index (χ4v) is 1.43. The fourth-order valence-electron chi connectivity index (χ4n) is 1.43. The van der Waals surface area contributed by atoms with Gasteiger partial charge in [-0.15, -0.1) is 0 Å². The second-order valence-electron chi connectivity index (χ2n) is 3.46. The lowest BCUT2D eigenvalue weighted by Gasteiger charge is -2.06. The first-order valence-electron chi connectivity index (χ1n) is 4.80. The van der Waals surface area contributed by atoms with E-state index in [1.807, 2.05) is 30.3 Å². The summed E-state index contributed by atoms with van der Waals surface area (Å²) < 4.78 is 5.45. The minimum Gasteiger partial charge on any atom is -0.487 e. The number of rotatable bonds is 3. The summed E-state index contributed by atoms with van der Waals surface area (Å²) in [5.74, 6) is 0.820. The molecule has 0 aliphatic rings. The molecule has 0 heterocycles. The van der Waals surface area contributed by atoms with E-state index in [0.717, 1.165) is 11.1 Å². The van der Waals surface area contributed by atoms with Crippen molar-refractivity contribution in [3.63, 3.8) is 0 Å². The zero-order valence-electron chi connectivity index (χ0n) is 8.44. The summed E-state index contributed by atoms with van der Waals surface area (Å²) >= 11 is 0. The third kappa shape index (κ3) is 2.29. The molecule has 0 radical (unpaired) electrons. The van der Waals surface area contributed by atoms with E-state index in [1.54, 1.807) is 0 Å². The van der Waals surface area contributed by atoms with Crippen molar-refractivity contribution in [3.8, 4) is 5.75 Å². The Morgan fingerprint density at radius 2 is 1.87 bits per heavy atom. The van der Waals surface area contributed by atoms with Crippen molar-refractivity contribution in [2.24, 2.45) is 5.73 Å². The molecule has 0 spiro atoms. The zero-order valence-corrected chi connectivity index (χ0v) is 8.44. The van der Waals surface area contributed by atoms with Gasteiger partial charge in [-0.05, 0) is 22.9 Å². The Balaban J connectivity index is 2.26. The van der Waals surface area contributed by atoms with Gasteiger partial charge in [-0.2, -0.15) is 0 Å². The van der Waals surface area contributed by atoms with Gasteiger partial charge in [0, 0.05) is 5.70 Å². The molecular formula is C13H13NO. The Labute approximate surface area is 89.0 Å². The summed E-state index contributed by atoms with van der Waals surface area (Å²) in [6, 6.07) is 14.1. The summed E-state index contributed by atoms with van der Waals surface area (Å²) in [5, 5.41) is 2.37. The van der Waals surface area contributed by atoms with Crippen LogP contribution >= 0.6 is 0 Å². The van der Waals surface area contributed by atoms with Crippen molar-refractivity contribution in [2.75, 3.05) is 6.61 Å². The first kappa shape index (κ1) is 9.59. The van der Waals surface area contributed by atoms with Gasteiger partial charge in [0.2, 0.25) is 0 Å². The van der Waals surface area contributed by atoms with Crippen molar-refractivity contribution in [1.29, 1.82) is 0 Å². The van der Waals surface area contributed by atoms with E-state index in [9.17, 15) is 0 Å². The van der Waals surface area contributed by atoms with Gasteiger partial charge >= 0.3 is 0 Å². The average Bonchev–Trinajstić information content (AvgIpc) is 2.26. The molecule has 15 heavy (non-hydrogen) atoms. The second-order valence-corrected chi connectivity index (χ2v) is 3.46. The molecule has 2 nitrogen and oxygen atoms in total. The van der Waals surface area contributed by atoms with Crippen LogP contribution in [0.4, 0.5) is 0 Å². The van der Waals surface area contributed by atoms with Crippen molar-refractivity contribution >= 4 is 10.8 Å². The van der Waals surface area contributed by atoms with Crippen LogP contribution in [-0.2, 0) is 0 Å². The predicted molar refractivity (Wildman–Crippen MR) is 62.8 cm³/mol. The van der Waals surface area contributed by atoms with E-state index in [2.05, 4.69) is 18.7 Å². The lowest BCUT2D eigenvalue weighted by atomic mass is 10.1. The Bertz CT molecular complexity index is 491. The molecule has 0 fully saturated rings. The van der Waals surface area contributed by atoms with Crippen LogP contribution in [0.5, 0.6) is 5.75 Å². The second kappa shape index (κ2) is 4.05. The minimum absolute atomic E-state index is 0.359. The molecule has 0 bridgehead atoms. The predicted octanol–water partition coefficient (Wildman–Crippen LogP) is 2.69. The van der Waals surface area contributed by atoms with Gasteiger partial charge in [0.05, 0.1) is 0 Å². The molecule has 2 rings (SSSR count). The Morgan fingerprint density at radius 3 is 2.60 bits per heavy atom. The molecule has 2 N–H and O–H groups in total. The molecule has 76 valence electrons. The van der Waals surface area contributed by atoms with E-state index in [0.29, 0.717) is 12.3 Å². The summed E-state index contributed by atoms with van der Waals surface area (Å²) in [4.78, 5) is 0. The third-order valence-corrected chi connectivity index (χ3v) is 2.15. The third-order valence-electron chi connectivity index (χ3n) is 2.15. The van der Waals surface area contributed by atoms with Gasteiger partial charge in [0.1, 0.15) is 12.4 Å². The fraction of sp³-hybridized carbons (Fsp3) is 0.0769.